The van der Waals surface area contributed by atoms with Crippen molar-refractivity contribution in [2.45, 2.75) is 52.4 Å². The van der Waals surface area contributed by atoms with Crippen LogP contribution in [0.15, 0.2) is 11.1 Å². The van der Waals surface area contributed by atoms with Gasteiger partial charge < -0.3 is 0 Å². The summed E-state index contributed by atoms with van der Waals surface area (Å²) in [7, 11) is 0. The van der Waals surface area contributed by atoms with Gasteiger partial charge in [0.1, 0.15) is 0 Å². The fourth-order valence-electron chi connectivity index (χ4n) is 2.74. The van der Waals surface area contributed by atoms with Crippen LogP contribution < -0.4 is 0 Å². The van der Waals surface area contributed by atoms with Crippen LogP contribution in [0.25, 0.3) is 0 Å². The van der Waals surface area contributed by atoms with E-state index in [0.29, 0.717) is 0 Å². The Labute approximate surface area is 76.1 Å². The molecule has 0 heteroatoms. The third kappa shape index (κ3) is 1.44. The van der Waals surface area contributed by atoms with Crippen LogP contribution in [0.5, 0.6) is 0 Å². The highest BCUT2D eigenvalue weighted by Gasteiger charge is 2.32. The van der Waals surface area contributed by atoms with E-state index < -0.39 is 0 Å². The highest BCUT2D eigenvalue weighted by Crippen LogP contribution is 2.45. The molecule has 0 amide bonds. The third-order valence-electron chi connectivity index (χ3n) is 3.84. The SMILES string of the molecule is CC(C)=C1CCCC2CC[C@H]2C1. The van der Waals surface area contributed by atoms with Gasteiger partial charge in [-0.2, -0.15) is 0 Å². The van der Waals surface area contributed by atoms with Crippen LogP contribution in [0.2, 0.25) is 0 Å². The van der Waals surface area contributed by atoms with E-state index in [9.17, 15) is 0 Å². The Morgan fingerprint density at radius 2 is 1.83 bits per heavy atom. The highest BCUT2D eigenvalue weighted by atomic mass is 14.4. The van der Waals surface area contributed by atoms with Gasteiger partial charge in [-0.25, -0.2) is 0 Å². The van der Waals surface area contributed by atoms with Gasteiger partial charge in [0.05, 0.1) is 0 Å². The normalized spacial score (nSPS) is 35.0. The summed E-state index contributed by atoms with van der Waals surface area (Å²) in [5, 5.41) is 0. The maximum atomic E-state index is 2.29. The lowest BCUT2D eigenvalue weighted by Gasteiger charge is -2.35. The second-order valence-electron chi connectivity index (χ2n) is 4.80. The summed E-state index contributed by atoms with van der Waals surface area (Å²) >= 11 is 0. The molecule has 0 spiro atoms. The highest BCUT2D eigenvalue weighted by molar-refractivity contribution is 5.13. The first kappa shape index (κ1) is 8.34. The lowest BCUT2D eigenvalue weighted by molar-refractivity contribution is 0.171. The van der Waals surface area contributed by atoms with Crippen LogP contribution in [-0.4, -0.2) is 0 Å². The van der Waals surface area contributed by atoms with Gasteiger partial charge in [0.2, 0.25) is 0 Å². The van der Waals surface area contributed by atoms with Crippen LogP contribution in [-0.2, 0) is 0 Å². The van der Waals surface area contributed by atoms with Gasteiger partial charge in [-0.3, -0.25) is 0 Å². The van der Waals surface area contributed by atoms with Crippen molar-refractivity contribution < 1.29 is 0 Å². The van der Waals surface area contributed by atoms with E-state index in [1.165, 1.54) is 38.5 Å². The molecule has 68 valence electrons. The first-order valence-corrected chi connectivity index (χ1v) is 5.42. The van der Waals surface area contributed by atoms with Crippen molar-refractivity contribution in [1.82, 2.24) is 0 Å². The Bertz CT molecular complexity index is 196. The van der Waals surface area contributed by atoms with Crippen molar-refractivity contribution in [3.8, 4) is 0 Å². The summed E-state index contributed by atoms with van der Waals surface area (Å²) in [6, 6.07) is 0. The average Bonchev–Trinajstić information content (AvgIpc) is 2.11. The van der Waals surface area contributed by atoms with Gasteiger partial charge in [0.25, 0.3) is 0 Å². The van der Waals surface area contributed by atoms with Crippen LogP contribution in [0.1, 0.15) is 52.4 Å². The molecule has 2 aliphatic rings. The van der Waals surface area contributed by atoms with Crippen molar-refractivity contribution in [2.24, 2.45) is 11.8 Å². The number of rotatable bonds is 0. The maximum Gasteiger partial charge on any atom is -0.0287 e. The number of hydrogen-bond acceptors (Lipinski definition) is 0. The van der Waals surface area contributed by atoms with E-state index in [1.807, 2.05) is 0 Å². The predicted octanol–water partition coefficient (Wildman–Crippen LogP) is 3.92. The fourth-order valence-corrected chi connectivity index (χ4v) is 2.74. The molecule has 2 fully saturated rings. The summed E-state index contributed by atoms with van der Waals surface area (Å²) in [6.07, 6.45) is 8.85. The third-order valence-corrected chi connectivity index (χ3v) is 3.84. The van der Waals surface area contributed by atoms with E-state index in [-0.39, 0.29) is 0 Å². The summed E-state index contributed by atoms with van der Waals surface area (Å²) in [5.74, 6) is 2.19. The molecule has 0 aromatic heterocycles. The number of fused-ring (bicyclic) bond motifs is 1. The van der Waals surface area contributed by atoms with Crippen LogP contribution in [0, 0.1) is 11.8 Å². The Balaban J connectivity index is 2.06. The monoisotopic (exact) mass is 164 g/mol. The largest absolute Gasteiger partial charge is 0.0772 e. The van der Waals surface area contributed by atoms with E-state index in [1.54, 1.807) is 11.1 Å². The molecule has 2 rings (SSSR count). The molecule has 0 heterocycles. The minimum atomic E-state index is 1.08. The van der Waals surface area contributed by atoms with Gasteiger partial charge in [-0.05, 0) is 64.2 Å². The standard InChI is InChI=1S/C12H20/c1-9(2)11-5-3-4-10-6-7-12(10)8-11/h10,12H,3-8H2,1-2H3/t10?,12-/m0/s1. The smallest absolute Gasteiger partial charge is 0.0287 e. The molecular weight excluding hydrogens is 144 g/mol. The molecular formula is C12H20. The summed E-state index contributed by atoms with van der Waals surface area (Å²) in [6.45, 7) is 4.57. The van der Waals surface area contributed by atoms with Gasteiger partial charge in [-0.15, -0.1) is 0 Å². The first-order chi connectivity index (χ1) is 5.77. The lowest BCUT2D eigenvalue weighted by atomic mass is 9.70. The number of allylic oxidation sites excluding steroid dienone is 2. The Morgan fingerprint density at radius 1 is 1.08 bits per heavy atom. The van der Waals surface area contributed by atoms with Gasteiger partial charge in [-0.1, -0.05) is 11.1 Å². The summed E-state index contributed by atoms with van der Waals surface area (Å²) in [5.41, 5.74) is 3.38. The lowest BCUT2D eigenvalue weighted by Crippen LogP contribution is -2.24. The zero-order valence-electron chi connectivity index (χ0n) is 8.40. The quantitative estimate of drug-likeness (QED) is 0.476. The minimum Gasteiger partial charge on any atom is -0.0772 e. The van der Waals surface area contributed by atoms with Gasteiger partial charge >= 0.3 is 0 Å². The zero-order chi connectivity index (χ0) is 8.55. The van der Waals surface area contributed by atoms with Crippen molar-refractivity contribution in [2.75, 3.05) is 0 Å². The Morgan fingerprint density at radius 3 is 2.42 bits per heavy atom. The minimum absolute atomic E-state index is 1.08. The Hall–Kier alpha value is -0.260. The van der Waals surface area contributed by atoms with Gasteiger partial charge in [0, 0.05) is 0 Å². The average molecular weight is 164 g/mol. The molecule has 2 aliphatic carbocycles. The van der Waals surface area contributed by atoms with Crippen LogP contribution in [0.4, 0.5) is 0 Å². The van der Waals surface area contributed by atoms with Crippen molar-refractivity contribution in [3.63, 3.8) is 0 Å². The second kappa shape index (κ2) is 3.24. The predicted molar refractivity (Wildman–Crippen MR) is 53.1 cm³/mol. The molecule has 1 unspecified atom stereocenters. The molecule has 0 aromatic rings. The van der Waals surface area contributed by atoms with Crippen molar-refractivity contribution in [3.05, 3.63) is 11.1 Å². The Kier molecular flexibility index (Phi) is 2.25. The van der Waals surface area contributed by atoms with Gasteiger partial charge in [0.15, 0.2) is 0 Å². The molecule has 0 nitrogen and oxygen atoms in total. The van der Waals surface area contributed by atoms with Crippen LogP contribution >= 0.6 is 0 Å². The maximum absolute atomic E-state index is 2.29. The molecule has 0 aromatic carbocycles. The van der Waals surface area contributed by atoms with Crippen LogP contribution in [0.3, 0.4) is 0 Å². The molecule has 0 N–H and O–H groups in total. The van der Waals surface area contributed by atoms with E-state index >= 15 is 0 Å². The van der Waals surface area contributed by atoms with Crippen molar-refractivity contribution >= 4 is 0 Å². The first-order valence-electron chi connectivity index (χ1n) is 5.42. The van der Waals surface area contributed by atoms with E-state index in [0.717, 1.165) is 11.8 Å². The molecule has 2 saturated carbocycles. The molecule has 0 aliphatic heterocycles. The second-order valence-corrected chi connectivity index (χ2v) is 4.80. The summed E-state index contributed by atoms with van der Waals surface area (Å²) < 4.78 is 0. The topological polar surface area (TPSA) is 0 Å². The molecule has 12 heavy (non-hydrogen) atoms. The molecule has 0 saturated heterocycles. The summed E-state index contributed by atoms with van der Waals surface area (Å²) in [4.78, 5) is 0. The fraction of sp³-hybridized carbons (Fsp3) is 0.833. The van der Waals surface area contributed by atoms with E-state index in [2.05, 4.69) is 13.8 Å². The molecule has 2 atom stereocenters. The molecule has 0 bridgehead atoms. The zero-order valence-corrected chi connectivity index (χ0v) is 8.40. The van der Waals surface area contributed by atoms with Crippen molar-refractivity contribution in [1.29, 1.82) is 0 Å². The number of hydrogen-bond donors (Lipinski definition) is 0. The van der Waals surface area contributed by atoms with E-state index in [4.69, 9.17) is 0 Å². The molecule has 0 radical (unpaired) electrons.